The number of hydrogen-bond acceptors (Lipinski definition) is 4. The Morgan fingerprint density at radius 1 is 1.06 bits per heavy atom. The minimum atomic E-state index is -4.61. The number of rotatable bonds is 9. The Hall–Kier alpha value is -3.04. The van der Waals surface area contributed by atoms with Gasteiger partial charge in [-0.3, -0.25) is 9.10 Å². The number of carbonyl (C=O) groups is 1. The first-order valence-corrected chi connectivity index (χ1v) is 12.0. The van der Waals surface area contributed by atoms with E-state index in [1.165, 1.54) is 31.2 Å². The van der Waals surface area contributed by atoms with Crippen LogP contribution in [0.4, 0.5) is 18.9 Å². The number of carbonyl (C=O) groups excluding carboxylic acids is 1. The van der Waals surface area contributed by atoms with E-state index in [0.29, 0.717) is 10.4 Å². The molecule has 0 heterocycles. The monoisotopic (exact) mass is 531 g/mol. The highest BCUT2D eigenvalue weighted by Crippen LogP contribution is 2.37. The van der Waals surface area contributed by atoms with Crippen molar-refractivity contribution in [2.45, 2.75) is 37.1 Å². The molecular weight excluding hydrogens is 503 g/mol. The van der Waals surface area contributed by atoms with Crippen LogP contribution in [0, 0.1) is 17.5 Å². The van der Waals surface area contributed by atoms with E-state index in [4.69, 9.17) is 15.7 Å². The summed E-state index contributed by atoms with van der Waals surface area (Å²) in [7, 11) is -3.60. The van der Waals surface area contributed by atoms with Gasteiger partial charge in [-0.25, -0.2) is 21.6 Å². The lowest BCUT2D eigenvalue weighted by atomic mass is 9.96. The van der Waals surface area contributed by atoms with Crippen LogP contribution >= 0.6 is 11.6 Å². The first-order valence-electron chi connectivity index (χ1n) is 11.9. The van der Waals surface area contributed by atoms with Gasteiger partial charge in [-0.2, -0.15) is 0 Å². The molecule has 35 heavy (non-hydrogen) atoms. The van der Waals surface area contributed by atoms with E-state index in [2.05, 4.69) is 4.74 Å². The van der Waals surface area contributed by atoms with Crippen molar-refractivity contribution in [1.29, 1.82) is 0 Å². The lowest BCUT2D eigenvalue weighted by Gasteiger charge is -2.32. The average molecular weight is 532 g/mol. The van der Waals surface area contributed by atoms with Crippen molar-refractivity contribution in [3.63, 3.8) is 0 Å². The van der Waals surface area contributed by atoms with Gasteiger partial charge in [-0.1, -0.05) is 17.7 Å². The van der Waals surface area contributed by atoms with Crippen LogP contribution < -0.4 is 4.31 Å². The Morgan fingerprint density at radius 3 is 2.34 bits per heavy atom. The first-order chi connectivity index (χ1) is 17.8. The fraction of sp³-hybridized carbons (Fsp3) is 0.240. The molecule has 3 rings (SSSR count). The molecule has 0 aromatic heterocycles. The Bertz CT molecular complexity index is 1430. The van der Waals surface area contributed by atoms with Crippen molar-refractivity contribution in [3.8, 4) is 0 Å². The van der Waals surface area contributed by atoms with Crippen LogP contribution in [0.25, 0.3) is 0 Å². The summed E-state index contributed by atoms with van der Waals surface area (Å²) in [4.78, 5) is 11.5. The molecule has 0 spiro atoms. The van der Waals surface area contributed by atoms with E-state index < -0.39 is 64.4 Å². The molecule has 186 valence electrons. The van der Waals surface area contributed by atoms with Gasteiger partial charge in [0.2, 0.25) is 0 Å². The topological polar surface area (TPSA) is 63.7 Å². The first kappa shape index (κ1) is 22.4. The Labute approximate surface area is 211 Å². The standard InChI is InChI=1S/C25H23ClF3NO4S/c1-16(22-12-8-19(27)14-17(22)4-3-5-25(31)34-2)30(24-15-20(28)9-13-23(24)29)35(32,33)21-10-6-18(26)7-11-21/h6-16H,3-5H2,1-2H3/t16-/m1/s1/i3T,4T,5T/t3?,4?,5?,16-. The fourth-order valence-electron chi connectivity index (χ4n) is 3.42. The molecule has 0 aliphatic rings. The summed E-state index contributed by atoms with van der Waals surface area (Å²) in [6.07, 6.45) is -5.27. The molecule has 0 aliphatic heterocycles. The molecule has 0 bridgehead atoms. The summed E-state index contributed by atoms with van der Waals surface area (Å²) in [5.74, 6) is -3.91. The largest absolute Gasteiger partial charge is 0.469 e. The van der Waals surface area contributed by atoms with Gasteiger partial charge >= 0.3 is 5.97 Å². The van der Waals surface area contributed by atoms with Gasteiger partial charge in [0.1, 0.15) is 17.5 Å². The molecule has 0 saturated heterocycles. The van der Waals surface area contributed by atoms with E-state index in [9.17, 15) is 26.4 Å². The van der Waals surface area contributed by atoms with E-state index >= 15 is 0 Å². The maximum atomic E-state index is 15.0. The maximum Gasteiger partial charge on any atom is 0.305 e. The minimum Gasteiger partial charge on any atom is -0.469 e. The van der Waals surface area contributed by atoms with Crippen LogP contribution in [0.15, 0.2) is 65.6 Å². The molecule has 0 radical (unpaired) electrons. The summed E-state index contributed by atoms with van der Waals surface area (Å²) >= 11 is 5.88. The number of halogens is 4. The van der Waals surface area contributed by atoms with Crippen molar-refractivity contribution < 1.29 is 35.2 Å². The highest BCUT2D eigenvalue weighted by Gasteiger charge is 2.33. The predicted molar refractivity (Wildman–Crippen MR) is 127 cm³/mol. The highest BCUT2D eigenvalue weighted by molar-refractivity contribution is 7.92. The molecule has 3 aromatic rings. The molecule has 10 heteroatoms. The summed E-state index contributed by atoms with van der Waals surface area (Å²) in [6.45, 7) is 1.32. The second-order valence-corrected chi connectivity index (χ2v) is 9.60. The van der Waals surface area contributed by atoms with Crippen LogP contribution in [-0.2, 0) is 26.0 Å². The number of methoxy groups -OCH3 is 1. The zero-order valence-corrected chi connectivity index (χ0v) is 20.2. The number of hydrogen-bond donors (Lipinski definition) is 0. The second-order valence-electron chi connectivity index (χ2n) is 7.35. The van der Waals surface area contributed by atoms with Crippen LogP contribution in [0.1, 0.15) is 41.0 Å². The summed E-state index contributed by atoms with van der Waals surface area (Å²) in [6, 6.07) is 8.84. The SMILES string of the molecule is [3H]C(C(=O)OC)C([3H])C([3H])c1cc(F)ccc1[C@@H](C)N(c1cc(F)ccc1F)S(=O)(=O)c1ccc(Cl)cc1. The quantitative estimate of drug-likeness (QED) is 0.308. The Morgan fingerprint density at radius 2 is 1.69 bits per heavy atom. The van der Waals surface area contributed by atoms with Gasteiger partial charge in [-0.05, 0) is 79.4 Å². The van der Waals surface area contributed by atoms with Gasteiger partial charge in [-0.15, -0.1) is 0 Å². The molecule has 3 unspecified atom stereocenters. The van der Waals surface area contributed by atoms with Crippen LogP contribution in [-0.4, -0.2) is 21.5 Å². The number of sulfonamides is 1. The lowest BCUT2D eigenvalue weighted by Crippen LogP contribution is -2.35. The van der Waals surface area contributed by atoms with Gasteiger partial charge in [0, 0.05) is 21.6 Å². The lowest BCUT2D eigenvalue weighted by molar-refractivity contribution is -0.140. The smallest absolute Gasteiger partial charge is 0.305 e. The van der Waals surface area contributed by atoms with Crippen LogP contribution in [0.3, 0.4) is 0 Å². The van der Waals surface area contributed by atoms with Crippen LogP contribution in [0.2, 0.25) is 5.02 Å². The third-order valence-corrected chi connectivity index (χ3v) is 7.23. The summed E-state index contributed by atoms with van der Waals surface area (Å²) in [5, 5.41) is 0.232. The van der Waals surface area contributed by atoms with E-state index in [1.54, 1.807) is 0 Å². The second kappa shape index (κ2) is 11.1. The molecule has 0 amide bonds. The third kappa shape index (κ3) is 6.15. The van der Waals surface area contributed by atoms with E-state index in [0.717, 1.165) is 37.4 Å². The predicted octanol–water partition coefficient (Wildman–Crippen LogP) is 6.21. The molecule has 0 fully saturated rings. The Balaban J connectivity index is 2.22. The van der Waals surface area contributed by atoms with Crippen molar-refractivity contribution in [2.75, 3.05) is 11.4 Å². The number of aryl methyl sites for hydroxylation is 1. The third-order valence-electron chi connectivity index (χ3n) is 5.08. The van der Waals surface area contributed by atoms with Gasteiger partial charge < -0.3 is 4.74 Å². The van der Waals surface area contributed by atoms with Gasteiger partial charge in [0.05, 0.1) is 23.7 Å². The molecule has 5 nitrogen and oxygen atoms in total. The highest BCUT2D eigenvalue weighted by atomic mass is 35.5. The fourth-order valence-corrected chi connectivity index (χ4v) is 5.18. The number of esters is 1. The number of benzene rings is 3. The molecule has 4 atom stereocenters. The molecule has 0 N–H and O–H groups in total. The van der Waals surface area contributed by atoms with Crippen molar-refractivity contribution in [1.82, 2.24) is 0 Å². The number of anilines is 1. The van der Waals surface area contributed by atoms with Crippen molar-refractivity contribution >= 4 is 33.3 Å². The zero-order chi connectivity index (χ0) is 28.4. The molecule has 3 aromatic carbocycles. The average Bonchev–Trinajstić information content (AvgIpc) is 2.88. The zero-order valence-electron chi connectivity index (χ0n) is 21.6. The maximum absolute atomic E-state index is 15.0. The van der Waals surface area contributed by atoms with Gasteiger partial charge in [0.15, 0.2) is 0 Å². The molecule has 0 aliphatic carbocycles. The Kier molecular flexibility index (Phi) is 7.13. The van der Waals surface area contributed by atoms with E-state index in [1.807, 2.05) is 0 Å². The normalized spacial score (nSPS) is 16.2. The number of nitrogens with zero attached hydrogens (tertiary/aromatic N) is 1. The summed E-state index contributed by atoms with van der Waals surface area (Å²) in [5.41, 5.74) is -0.895. The molecular formula is C25H23ClF3NO4S. The molecule has 0 saturated carbocycles. The number of ether oxygens (including phenoxy) is 1. The van der Waals surface area contributed by atoms with Gasteiger partial charge in [0.25, 0.3) is 10.0 Å². The minimum absolute atomic E-state index is 0.0260. The van der Waals surface area contributed by atoms with Crippen molar-refractivity contribution in [2.24, 2.45) is 0 Å². The van der Waals surface area contributed by atoms with Crippen molar-refractivity contribution in [3.05, 3.63) is 94.3 Å². The summed E-state index contributed by atoms with van der Waals surface area (Å²) < 4.78 is 101. The van der Waals surface area contributed by atoms with E-state index in [-0.39, 0.29) is 21.0 Å². The van der Waals surface area contributed by atoms with Crippen LogP contribution in [0.5, 0.6) is 0 Å².